The summed E-state index contributed by atoms with van der Waals surface area (Å²) in [6.07, 6.45) is 1.60. The van der Waals surface area contributed by atoms with Crippen molar-refractivity contribution >= 4 is 29.0 Å². The molecule has 1 aromatic heterocycles. The second kappa shape index (κ2) is 8.60. The number of halogens is 1. The molecule has 3 aromatic rings. The van der Waals surface area contributed by atoms with Crippen LogP contribution in [-0.2, 0) is 0 Å². The zero-order valence-electron chi connectivity index (χ0n) is 15.4. The van der Waals surface area contributed by atoms with Crippen molar-refractivity contribution in [3.63, 3.8) is 0 Å². The average molecular weight is 390 g/mol. The van der Waals surface area contributed by atoms with Gasteiger partial charge in [0.15, 0.2) is 23.0 Å². The van der Waals surface area contributed by atoms with Gasteiger partial charge in [0.25, 0.3) is 0 Å². The van der Waals surface area contributed by atoms with E-state index in [1.54, 1.807) is 51.8 Å². The molecule has 0 saturated heterocycles. The number of pyridine rings is 1. The maximum atomic E-state index is 13.1. The Balaban J connectivity index is 0.00000261. The van der Waals surface area contributed by atoms with E-state index in [9.17, 15) is 4.79 Å². The third kappa shape index (κ3) is 3.75. The smallest absolute Gasteiger partial charge is 0.212 e. The summed E-state index contributed by atoms with van der Waals surface area (Å²) in [7, 11) is 6.20. The number of methoxy groups -OCH3 is 4. The first-order valence-electron chi connectivity index (χ1n) is 7.90. The Labute approximate surface area is 163 Å². The average Bonchev–Trinajstić information content (AvgIpc) is 2.70. The quantitative estimate of drug-likeness (QED) is 0.595. The summed E-state index contributed by atoms with van der Waals surface area (Å²) in [6.45, 7) is 0. The number of carbonyl (C=O) groups is 1. The van der Waals surface area contributed by atoms with Crippen molar-refractivity contribution in [1.82, 2.24) is 4.98 Å². The zero-order valence-corrected chi connectivity index (χ0v) is 16.3. The van der Waals surface area contributed by atoms with Crippen LogP contribution in [0, 0.1) is 0 Å². The fraction of sp³-hybridized carbons (Fsp3) is 0.200. The molecule has 142 valence electrons. The fourth-order valence-corrected chi connectivity index (χ4v) is 2.79. The minimum Gasteiger partial charge on any atom is -0.493 e. The molecule has 0 radical (unpaired) electrons. The summed E-state index contributed by atoms with van der Waals surface area (Å²) >= 11 is 0. The highest BCUT2D eigenvalue weighted by Gasteiger charge is 2.18. The molecule has 0 amide bonds. The van der Waals surface area contributed by atoms with E-state index in [4.69, 9.17) is 18.9 Å². The van der Waals surface area contributed by atoms with Crippen molar-refractivity contribution in [2.45, 2.75) is 0 Å². The second-order valence-electron chi connectivity index (χ2n) is 5.49. The molecule has 0 unspecified atom stereocenters. The van der Waals surface area contributed by atoms with Crippen LogP contribution in [0.1, 0.15) is 16.1 Å². The van der Waals surface area contributed by atoms with Crippen LogP contribution >= 0.6 is 12.4 Å². The van der Waals surface area contributed by atoms with Crippen LogP contribution in [0.3, 0.4) is 0 Å². The Morgan fingerprint density at radius 1 is 0.778 bits per heavy atom. The summed E-state index contributed by atoms with van der Waals surface area (Å²) in [5, 5.41) is 1.52. The SMILES string of the molecule is COc1ccc(C(=O)c2nccc3cc(OC)c(OC)cc23)cc1OC.Cl. The lowest BCUT2D eigenvalue weighted by atomic mass is 10.0. The molecule has 3 rings (SSSR count). The molecule has 0 atom stereocenters. The van der Waals surface area contributed by atoms with Gasteiger partial charge in [0.2, 0.25) is 5.78 Å². The monoisotopic (exact) mass is 389 g/mol. The van der Waals surface area contributed by atoms with Gasteiger partial charge in [0.1, 0.15) is 5.69 Å². The van der Waals surface area contributed by atoms with Crippen molar-refractivity contribution in [1.29, 1.82) is 0 Å². The summed E-state index contributed by atoms with van der Waals surface area (Å²) in [6, 6.07) is 10.4. The highest BCUT2D eigenvalue weighted by atomic mass is 35.5. The molecule has 7 heteroatoms. The van der Waals surface area contributed by atoms with Gasteiger partial charge in [0, 0.05) is 17.1 Å². The molecular formula is C20H20ClNO5. The molecule has 0 aliphatic carbocycles. The minimum absolute atomic E-state index is 0. The number of hydrogen-bond acceptors (Lipinski definition) is 6. The van der Waals surface area contributed by atoms with Crippen LogP contribution < -0.4 is 18.9 Å². The topological polar surface area (TPSA) is 66.9 Å². The van der Waals surface area contributed by atoms with Gasteiger partial charge in [-0.1, -0.05) is 0 Å². The molecule has 0 fully saturated rings. The van der Waals surface area contributed by atoms with Gasteiger partial charge in [0.05, 0.1) is 28.4 Å². The van der Waals surface area contributed by atoms with Gasteiger partial charge >= 0.3 is 0 Å². The summed E-state index contributed by atoms with van der Waals surface area (Å²) < 4.78 is 21.2. The van der Waals surface area contributed by atoms with E-state index in [1.807, 2.05) is 12.1 Å². The molecule has 0 N–H and O–H groups in total. The summed E-state index contributed by atoms with van der Waals surface area (Å²) in [4.78, 5) is 17.3. The molecule has 0 aliphatic rings. The molecular weight excluding hydrogens is 370 g/mol. The molecule has 0 aliphatic heterocycles. The van der Waals surface area contributed by atoms with Crippen molar-refractivity contribution in [3.05, 3.63) is 53.9 Å². The van der Waals surface area contributed by atoms with Crippen molar-refractivity contribution < 1.29 is 23.7 Å². The Morgan fingerprint density at radius 2 is 1.37 bits per heavy atom. The lowest BCUT2D eigenvalue weighted by molar-refractivity contribution is 0.103. The maximum absolute atomic E-state index is 13.1. The van der Waals surface area contributed by atoms with Crippen LogP contribution in [0.2, 0.25) is 0 Å². The van der Waals surface area contributed by atoms with Crippen LogP contribution in [0.4, 0.5) is 0 Å². The van der Waals surface area contributed by atoms with Crippen molar-refractivity contribution in [2.24, 2.45) is 0 Å². The highest BCUT2D eigenvalue weighted by Crippen LogP contribution is 2.34. The number of aromatic nitrogens is 1. The molecule has 6 nitrogen and oxygen atoms in total. The van der Waals surface area contributed by atoms with E-state index in [0.29, 0.717) is 39.6 Å². The molecule has 1 heterocycles. The first kappa shape index (κ1) is 20.3. The first-order chi connectivity index (χ1) is 12.6. The van der Waals surface area contributed by atoms with E-state index in [-0.39, 0.29) is 18.2 Å². The van der Waals surface area contributed by atoms with E-state index in [1.165, 1.54) is 7.11 Å². The highest BCUT2D eigenvalue weighted by molar-refractivity contribution is 6.15. The normalized spacial score (nSPS) is 10.1. The van der Waals surface area contributed by atoms with E-state index in [2.05, 4.69) is 4.98 Å². The Bertz CT molecular complexity index is 974. The number of rotatable bonds is 6. The van der Waals surface area contributed by atoms with Gasteiger partial charge in [-0.2, -0.15) is 0 Å². The predicted octanol–water partition coefficient (Wildman–Crippen LogP) is 3.92. The minimum atomic E-state index is -0.219. The van der Waals surface area contributed by atoms with Crippen LogP contribution in [0.15, 0.2) is 42.6 Å². The number of fused-ring (bicyclic) bond motifs is 1. The molecule has 0 bridgehead atoms. The van der Waals surface area contributed by atoms with E-state index >= 15 is 0 Å². The van der Waals surface area contributed by atoms with Crippen LogP contribution in [-0.4, -0.2) is 39.2 Å². The maximum Gasteiger partial charge on any atom is 0.212 e. The predicted molar refractivity (Wildman–Crippen MR) is 105 cm³/mol. The Morgan fingerprint density at radius 3 is 2.00 bits per heavy atom. The fourth-order valence-electron chi connectivity index (χ4n) is 2.79. The van der Waals surface area contributed by atoms with Crippen molar-refractivity contribution in [2.75, 3.05) is 28.4 Å². The summed E-state index contributed by atoms with van der Waals surface area (Å²) in [5.41, 5.74) is 0.785. The number of ether oxygens (including phenoxy) is 4. The third-order valence-corrected chi connectivity index (χ3v) is 4.13. The summed E-state index contributed by atoms with van der Waals surface area (Å²) in [5.74, 6) is 1.95. The zero-order chi connectivity index (χ0) is 18.7. The molecule has 0 saturated carbocycles. The van der Waals surface area contributed by atoms with Gasteiger partial charge < -0.3 is 18.9 Å². The standard InChI is InChI=1S/C20H19NO5.ClH/c1-23-15-6-5-13(10-16(15)24-2)20(22)19-14-11-18(26-4)17(25-3)9-12(14)7-8-21-19;/h5-11H,1-4H3;1H. The molecule has 27 heavy (non-hydrogen) atoms. The number of carbonyl (C=O) groups excluding carboxylic acids is 1. The van der Waals surface area contributed by atoms with Gasteiger partial charge in [-0.15, -0.1) is 12.4 Å². The number of nitrogens with zero attached hydrogens (tertiary/aromatic N) is 1. The molecule has 2 aromatic carbocycles. The van der Waals surface area contributed by atoms with Gasteiger partial charge in [-0.05, 0) is 41.8 Å². The van der Waals surface area contributed by atoms with E-state index in [0.717, 1.165) is 5.39 Å². The number of benzene rings is 2. The number of hydrogen-bond donors (Lipinski definition) is 0. The number of ketones is 1. The van der Waals surface area contributed by atoms with Crippen molar-refractivity contribution in [3.8, 4) is 23.0 Å². The lowest BCUT2D eigenvalue weighted by Gasteiger charge is -2.12. The van der Waals surface area contributed by atoms with E-state index < -0.39 is 0 Å². The molecule has 0 spiro atoms. The Kier molecular flexibility index (Phi) is 6.47. The van der Waals surface area contributed by atoms with Gasteiger partial charge in [-0.3, -0.25) is 9.78 Å². The first-order valence-corrected chi connectivity index (χ1v) is 7.90. The largest absolute Gasteiger partial charge is 0.493 e. The van der Waals surface area contributed by atoms with Crippen LogP contribution in [0.25, 0.3) is 10.8 Å². The Hall–Kier alpha value is -2.99. The van der Waals surface area contributed by atoms with Gasteiger partial charge in [-0.25, -0.2) is 0 Å². The van der Waals surface area contributed by atoms with Crippen LogP contribution in [0.5, 0.6) is 23.0 Å². The lowest BCUT2D eigenvalue weighted by Crippen LogP contribution is -2.06. The third-order valence-electron chi connectivity index (χ3n) is 4.13. The second-order valence-corrected chi connectivity index (χ2v) is 5.49.